The second kappa shape index (κ2) is 7.25. The molecule has 7 nitrogen and oxygen atoms in total. The molecule has 0 spiro atoms. The average Bonchev–Trinajstić information content (AvgIpc) is 3.33. The number of hydrogen-bond acceptors (Lipinski definition) is 6. The topological polar surface area (TPSA) is 84.0 Å². The minimum Gasteiger partial charge on any atom is -0.472 e. The first-order valence-corrected chi connectivity index (χ1v) is 9.42. The van der Waals surface area contributed by atoms with Gasteiger partial charge in [-0.1, -0.05) is 6.07 Å². The SMILES string of the molecule is Cc1nccc(OC2CCCN(C(=O)c3cc(-c4cccs4)[nH]n3)C2)n1. The predicted molar refractivity (Wildman–Crippen MR) is 98.2 cm³/mol. The molecule has 1 N–H and O–H groups in total. The smallest absolute Gasteiger partial charge is 0.274 e. The number of nitrogens with one attached hydrogen (secondary N) is 1. The van der Waals surface area contributed by atoms with E-state index in [1.54, 1.807) is 28.5 Å². The molecule has 1 fully saturated rings. The molecule has 1 amide bonds. The number of ether oxygens (including phenoxy) is 1. The maximum atomic E-state index is 12.8. The van der Waals surface area contributed by atoms with Crippen LogP contribution in [0.3, 0.4) is 0 Å². The molecule has 0 bridgehead atoms. The zero-order valence-corrected chi connectivity index (χ0v) is 15.2. The van der Waals surface area contributed by atoms with Crippen LogP contribution >= 0.6 is 11.3 Å². The summed E-state index contributed by atoms with van der Waals surface area (Å²) < 4.78 is 5.94. The Hall–Kier alpha value is -2.74. The highest BCUT2D eigenvalue weighted by Crippen LogP contribution is 2.24. The molecular formula is C18H19N5O2S. The van der Waals surface area contributed by atoms with Gasteiger partial charge in [0.25, 0.3) is 5.91 Å². The highest BCUT2D eigenvalue weighted by molar-refractivity contribution is 7.13. The summed E-state index contributed by atoms with van der Waals surface area (Å²) in [5, 5.41) is 9.15. The van der Waals surface area contributed by atoms with E-state index in [0.717, 1.165) is 23.4 Å². The van der Waals surface area contributed by atoms with Crippen molar-refractivity contribution < 1.29 is 9.53 Å². The van der Waals surface area contributed by atoms with Crippen molar-refractivity contribution in [2.75, 3.05) is 13.1 Å². The highest BCUT2D eigenvalue weighted by Gasteiger charge is 2.27. The Labute approximate surface area is 155 Å². The van der Waals surface area contributed by atoms with Gasteiger partial charge in [-0.05, 0) is 37.3 Å². The number of H-pyrrole nitrogens is 1. The molecule has 0 radical (unpaired) electrons. The third-order valence-electron chi connectivity index (χ3n) is 4.29. The van der Waals surface area contributed by atoms with Crippen LogP contribution in [0, 0.1) is 6.92 Å². The van der Waals surface area contributed by atoms with Gasteiger partial charge in [0.15, 0.2) is 5.69 Å². The van der Waals surface area contributed by atoms with Crippen LogP contribution < -0.4 is 4.74 Å². The van der Waals surface area contributed by atoms with Gasteiger partial charge < -0.3 is 9.64 Å². The van der Waals surface area contributed by atoms with Crippen molar-refractivity contribution in [3.8, 4) is 16.5 Å². The summed E-state index contributed by atoms with van der Waals surface area (Å²) in [6.45, 7) is 3.07. The first-order chi connectivity index (χ1) is 12.7. The number of thiophene rings is 1. The van der Waals surface area contributed by atoms with Crippen molar-refractivity contribution >= 4 is 17.2 Å². The number of rotatable bonds is 4. The Morgan fingerprint density at radius 2 is 2.35 bits per heavy atom. The summed E-state index contributed by atoms with van der Waals surface area (Å²) in [6, 6.07) is 7.53. The van der Waals surface area contributed by atoms with E-state index in [0.29, 0.717) is 30.5 Å². The molecule has 1 unspecified atom stereocenters. The number of hydrogen-bond donors (Lipinski definition) is 1. The Bertz CT molecular complexity index is 893. The molecule has 8 heteroatoms. The number of amides is 1. The molecule has 1 aliphatic rings. The fourth-order valence-electron chi connectivity index (χ4n) is 3.04. The fourth-order valence-corrected chi connectivity index (χ4v) is 3.73. The van der Waals surface area contributed by atoms with Gasteiger partial charge in [-0.15, -0.1) is 11.3 Å². The number of piperidine rings is 1. The predicted octanol–water partition coefficient (Wildman–Crippen LogP) is 2.92. The summed E-state index contributed by atoms with van der Waals surface area (Å²) in [6.07, 6.45) is 3.40. The molecule has 3 aromatic rings. The maximum absolute atomic E-state index is 12.8. The second-order valence-electron chi connectivity index (χ2n) is 6.22. The standard InChI is InChI=1S/C18H19N5O2S/c1-12-19-7-6-17(20-12)25-13-4-2-8-23(11-13)18(24)15-10-14(21-22-15)16-5-3-9-26-16/h3,5-7,9-10,13H,2,4,8,11H2,1H3,(H,21,22). The van der Waals surface area contributed by atoms with Gasteiger partial charge >= 0.3 is 0 Å². The van der Waals surface area contributed by atoms with Crippen molar-refractivity contribution in [2.24, 2.45) is 0 Å². The van der Waals surface area contributed by atoms with E-state index in [2.05, 4.69) is 20.2 Å². The Morgan fingerprint density at radius 3 is 3.15 bits per heavy atom. The zero-order chi connectivity index (χ0) is 17.9. The summed E-state index contributed by atoms with van der Waals surface area (Å²) >= 11 is 1.61. The minimum absolute atomic E-state index is 0.0716. The number of carbonyl (C=O) groups is 1. The zero-order valence-electron chi connectivity index (χ0n) is 14.4. The van der Waals surface area contributed by atoms with Gasteiger partial charge in [-0.2, -0.15) is 10.1 Å². The van der Waals surface area contributed by atoms with Crippen LogP contribution in [0.4, 0.5) is 0 Å². The number of carbonyl (C=O) groups excluding carboxylic acids is 1. The number of nitrogens with zero attached hydrogens (tertiary/aromatic N) is 4. The quantitative estimate of drug-likeness (QED) is 0.764. The lowest BCUT2D eigenvalue weighted by Crippen LogP contribution is -2.44. The van der Waals surface area contributed by atoms with Crippen molar-refractivity contribution in [2.45, 2.75) is 25.9 Å². The molecule has 0 aromatic carbocycles. The number of aromatic amines is 1. The third-order valence-corrected chi connectivity index (χ3v) is 5.19. The summed E-state index contributed by atoms with van der Waals surface area (Å²) in [4.78, 5) is 24.0. The van der Waals surface area contributed by atoms with Crippen LogP contribution in [0.5, 0.6) is 5.88 Å². The number of aryl methyl sites for hydroxylation is 1. The molecule has 3 aromatic heterocycles. The van der Waals surface area contributed by atoms with Crippen molar-refractivity contribution in [3.63, 3.8) is 0 Å². The minimum atomic E-state index is -0.0729. The van der Waals surface area contributed by atoms with Gasteiger partial charge in [0.2, 0.25) is 5.88 Å². The van der Waals surface area contributed by atoms with Crippen molar-refractivity contribution in [1.82, 2.24) is 25.1 Å². The lowest BCUT2D eigenvalue weighted by Gasteiger charge is -2.32. The first-order valence-electron chi connectivity index (χ1n) is 8.54. The largest absolute Gasteiger partial charge is 0.472 e. The molecular weight excluding hydrogens is 350 g/mol. The lowest BCUT2D eigenvalue weighted by molar-refractivity contribution is 0.0522. The molecule has 4 heterocycles. The van der Waals surface area contributed by atoms with E-state index in [4.69, 9.17) is 4.74 Å². The molecule has 0 aliphatic carbocycles. The summed E-state index contributed by atoms with van der Waals surface area (Å²) in [5.74, 6) is 1.15. The highest BCUT2D eigenvalue weighted by atomic mass is 32.1. The van der Waals surface area contributed by atoms with Crippen LogP contribution in [0.25, 0.3) is 10.6 Å². The monoisotopic (exact) mass is 369 g/mol. The van der Waals surface area contributed by atoms with E-state index in [1.165, 1.54) is 0 Å². The van der Waals surface area contributed by atoms with E-state index >= 15 is 0 Å². The van der Waals surface area contributed by atoms with Crippen LogP contribution in [-0.4, -0.2) is 50.2 Å². The van der Waals surface area contributed by atoms with Crippen LogP contribution in [0.2, 0.25) is 0 Å². The van der Waals surface area contributed by atoms with Crippen LogP contribution in [-0.2, 0) is 0 Å². The normalized spacial score (nSPS) is 17.3. The van der Waals surface area contributed by atoms with E-state index in [1.807, 2.05) is 30.5 Å². The number of likely N-dealkylation sites (tertiary alicyclic amines) is 1. The third kappa shape index (κ3) is 3.60. The fraction of sp³-hybridized carbons (Fsp3) is 0.333. The average molecular weight is 369 g/mol. The molecule has 1 aliphatic heterocycles. The Morgan fingerprint density at radius 1 is 1.42 bits per heavy atom. The first kappa shape index (κ1) is 16.7. The Kier molecular flexibility index (Phi) is 4.66. The van der Waals surface area contributed by atoms with E-state index in [9.17, 15) is 4.79 Å². The van der Waals surface area contributed by atoms with Gasteiger partial charge in [0.1, 0.15) is 11.9 Å². The van der Waals surface area contributed by atoms with Gasteiger partial charge in [0, 0.05) is 18.8 Å². The molecule has 4 rings (SSSR count). The maximum Gasteiger partial charge on any atom is 0.274 e. The Balaban J connectivity index is 1.43. The summed E-state index contributed by atoms with van der Waals surface area (Å²) in [7, 11) is 0. The molecule has 26 heavy (non-hydrogen) atoms. The molecule has 0 saturated carbocycles. The van der Waals surface area contributed by atoms with Crippen molar-refractivity contribution in [1.29, 1.82) is 0 Å². The van der Waals surface area contributed by atoms with Gasteiger partial charge in [-0.25, -0.2) is 4.98 Å². The molecule has 134 valence electrons. The van der Waals surface area contributed by atoms with Gasteiger partial charge in [0.05, 0.1) is 17.1 Å². The second-order valence-corrected chi connectivity index (χ2v) is 7.17. The number of aromatic nitrogens is 4. The van der Waals surface area contributed by atoms with Crippen LogP contribution in [0.1, 0.15) is 29.2 Å². The molecule has 1 saturated heterocycles. The van der Waals surface area contributed by atoms with Crippen molar-refractivity contribution in [3.05, 3.63) is 47.4 Å². The summed E-state index contributed by atoms with van der Waals surface area (Å²) in [5.41, 5.74) is 1.30. The van der Waals surface area contributed by atoms with E-state index < -0.39 is 0 Å². The van der Waals surface area contributed by atoms with Gasteiger partial charge in [-0.3, -0.25) is 9.89 Å². The van der Waals surface area contributed by atoms with E-state index in [-0.39, 0.29) is 12.0 Å². The molecule has 1 atom stereocenters. The van der Waals surface area contributed by atoms with Crippen LogP contribution in [0.15, 0.2) is 35.8 Å². The lowest BCUT2D eigenvalue weighted by atomic mass is 10.1.